The van der Waals surface area contributed by atoms with Crippen molar-refractivity contribution < 1.29 is 9.90 Å². The Hall–Kier alpha value is -2.70. The maximum Gasteiger partial charge on any atom is 0.317 e. The van der Waals surface area contributed by atoms with Crippen molar-refractivity contribution in [3.63, 3.8) is 0 Å². The summed E-state index contributed by atoms with van der Waals surface area (Å²) in [6.07, 6.45) is 5.33. The lowest BCUT2D eigenvalue weighted by atomic mass is 10.2. The van der Waals surface area contributed by atoms with Crippen LogP contribution in [-0.4, -0.2) is 58.3 Å². The van der Waals surface area contributed by atoms with E-state index in [1.807, 2.05) is 33.9 Å². The number of nitrogens with zero attached hydrogens (tertiary/aromatic N) is 4. The van der Waals surface area contributed by atoms with Crippen molar-refractivity contribution in [1.29, 1.82) is 0 Å². The van der Waals surface area contributed by atoms with Crippen LogP contribution in [0.1, 0.15) is 0 Å². The Bertz CT molecular complexity index is 636. The average Bonchev–Trinajstić information content (AvgIpc) is 3.09. The molecule has 1 saturated heterocycles. The SMILES string of the molecule is O=C(NCCn1ccnc1)N1CCN(c2ccccc2O)CC1. The predicted octanol–water partition coefficient (Wildman–Crippen LogP) is 1.12. The number of amides is 2. The number of carbonyl (C=O) groups excluding carboxylic acids is 1. The number of nitrogens with one attached hydrogen (secondary N) is 1. The fraction of sp³-hybridized carbons (Fsp3) is 0.375. The molecule has 0 unspecified atom stereocenters. The van der Waals surface area contributed by atoms with Gasteiger partial charge in [-0.3, -0.25) is 0 Å². The molecular weight excluding hydrogens is 294 g/mol. The summed E-state index contributed by atoms with van der Waals surface area (Å²) in [5, 5.41) is 12.8. The van der Waals surface area contributed by atoms with Crippen LogP contribution in [0.25, 0.3) is 0 Å². The number of aromatic nitrogens is 2. The van der Waals surface area contributed by atoms with Crippen LogP contribution in [-0.2, 0) is 6.54 Å². The van der Waals surface area contributed by atoms with Crippen LogP contribution in [0.15, 0.2) is 43.0 Å². The van der Waals surface area contributed by atoms with E-state index in [9.17, 15) is 9.90 Å². The van der Waals surface area contributed by atoms with Gasteiger partial charge in [-0.15, -0.1) is 0 Å². The first kappa shape index (κ1) is 15.2. The van der Waals surface area contributed by atoms with Crippen molar-refractivity contribution in [3.05, 3.63) is 43.0 Å². The van der Waals surface area contributed by atoms with Crippen LogP contribution < -0.4 is 10.2 Å². The second kappa shape index (κ2) is 7.04. The number of hydrogen-bond donors (Lipinski definition) is 2. The highest BCUT2D eigenvalue weighted by atomic mass is 16.3. The minimum absolute atomic E-state index is 0.0398. The molecule has 1 fully saturated rings. The van der Waals surface area contributed by atoms with Crippen molar-refractivity contribution in [3.8, 4) is 5.75 Å². The van der Waals surface area contributed by atoms with E-state index in [2.05, 4.69) is 15.2 Å². The quantitative estimate of drug-likeness (QED) is 0.887. The third-order valence-electron chi connectivity index (χ3n) is 3.99. The Morgan fingerprint density at radius 1 is 1.22 bits per heavy atom. The summed E-state index contributed by atoms with van der Waals surface area (Å²) in [5.74, 6) is 0.283. The van der Waals surface area contributed by atoms with Gasteiger partial charge in [0.05, 0.1) is 12.0 Å². The number of anilines is 1. The van der Waals surface area contributed by atoms with Gasteiger partial charge < -0.3 is 24.8 Å². The average molecular weight is 315 g/mol. The normalized spacial score (nSPS) is 14.8. The minimum atomic E-state index is -0.0398. The zero-order valence-corrected chi connectivity index (χ0v) is 12.9. The third-order valence-corrected chi connectivity index (χ3v) is 3.99. The first-order valence-corrected chi connectivity index (χ1v) is 7.75. The molecule has 0 spiro atoms. The van der Waals surface area contributed by atoms with Gasteiger partial charge in [0.15, 0.2) is 0 Å². The van der Waals surface area contributed by atoms with Gasteiger partial charge in [-0.25, -0.2) is 9.78 Å². The highest BCUT2D eigenvalue weighted by molar-refractivity contribution is 5.74. The zero-order valence-electron chi connectivity index (χ0n) is 12.9. The number of aromatic hydroxyl groups is 1. The summed E-state index contributed by atoms with van der Waals surface area (Å²) in [7, 11) is 0. The highest BCUT2D eigenvalue weighted by Gasteiger charge is 2.22. The van der Waals surface area contributed by atoms with E-state index < -0.39 is 0 Å². The molecule has 0 atom stereocenters. The summed E-state index contributed by atoms with van der Waals surface area (Å²) < 4.78 is 1.93. The van der Waals surface area contributed by atoms with E-state index in [0.717, 1.165) is 5.69 Å². The summed E-state index contributed by atoms with van der Waals surface area (Å²) in [4.78, 5) is 20.0. The lowest BCUT2D eigenvalue weighted by Gasteiger charge is -2.36. The zero-order chi connectivity index (χ0) is 16.1. The largest absolute Gasteiger partial charge is 0.506 e. The number of para-hydroxylation sites is 2. The van der Waals surface area contributed by atoms with E-state index in [0.29, 0.717) is 39.3 Å². The second-order valence-electron chi connectivity index (χ2n) is 5.50. The fourth-order valence-corrected chi connectivity index (χ4v) is 2.70. The van der Waals surface area contributed by atoms with Crippen LogP contribution >= 0.6 is 0 Å². The van der Waals surface area contributed by atoms with Gasteiger partial charge in [-0.05, 0) is 12.1 Å². The molecule has 1 aliphatic rings. The molecule has 1 aromatic heterocycles. The predicted molar refractivity (Wildman–Crippen MR) is 87.5 cm³/mol. The Balaban J connectivity index is 1.45. The number of piperazine rings is 1. The topological polar surface area (TPSA) is 73.6 Å². The Kier molecular flexibility index (Phi) is 4.65. The number of hydrogen-bond acceptors (Lipinski definition) is 4. The third kappa shape index (κ3) is 3.74. The summed E-state index contributed by atoms with van der Waals surface area (Å²) in [6, 6.07) is 7.26. The van der Waals surface area contributed by atoms with Crippen molar-refractivity contribution >= 4 is 11.7 Å². The molecule has 0 saturated carbocycles. The lowest BCUT2D eigenvalue weighted by Crippen LogP contribution is -2.52. The molecule has 2 N–H and O–H groups in total. The Labute approximate surface area is 135 Å². The van der Waals surface area contributed by atoms with E-state index in [1.54, 1.807) is 18.6 Å². The van der Waals surface area contributed by atoms with Crippen molar-refractivity contribution in [1.82, 2.24) is 19.8 Å². The summed E-state index contributed by atoms with van der Waals surface area (Å²) >= 11 is 0. The van der Waals surface area contributed by atoms with Crippen molar-refractivity contribution in [2.75, 3.05) is 37.6 Å². The standard InChI is InChI=1S/C16H21N5O2/c22-15-4-2-1-3-14(15)20-9-11-21(12-10-20)16(23)18-6-8-19-7-5-17-13-19/h1-5,7,13,22H,6,8-12H2,(H,18,23). The monoisotopic (exact) mass is 315 g/mol. The molecule has 1 aliphatic heterocycles. The number of phenols is 1. The molecule has 7 nitrogen and oxygen atoms in total. The molecule has 0 radical (unpaired) electrons. The number of rotatable bonds is 4. The number of urea groups is 1. The highest BCUT2D eigenvalue weighted by Crippen LogP contribution is 2.27. The number of benzene rings is 1. The van der Waals surface area contributed by atoms with Crippen LogP contribution in [0.3, 0.4) is 0 Å². The van der Waals surface area contributed by atoms with Gasteiger partial charge in [0, 0.05) is 51.7 Å². The smallest absolute Gasteiger partial charge is 0.317 e. The van der Waals surface area contributed by atoms with Crippen LogP contribution in [0, 0.1) is 0 Å². The van der Waals surface area contributed by atoms with Crippen LogP contribution in [0.2, 0.25) is 0 Å². The maximum absolute atomic E-state index is 12.2. The van der Waals surface area contributed by atoms with Crippen LogP contribution in [0.5, 0.6) is 5.75 Å². The van der Waals surface area contributed by atoms with Crippen LogP contribution in [0.4, 0.5) is 10.5 Å². The van der Waals surface area contributed by atoms with Gasteiger partial charge >= 0.3 is 6.03 Å². The molecule has 2 amide bonds. The van der Waals surface area contributed by atoms with E-state index >= 15 is 0 Å². The molecular formula is C16H21N5O2. The van der Waals surface area contributed by atoms with E-state index in [4.69, 9.17) is 0 Å². The van der Waals surface area contributed by atoms with Gasteiger partial charge in [0.2, 0.25) is 0 Å². The first-order valence-electron chi connectivity index (χ1n) is 7.75. The Morgan fingerprint density at radius 2 is 2.00 bits per heavy atom. The molecule has 0 aliphatic carbocycles. The second-order valence-corrected chi connectivity index (χ2v) is 5.50. The fourth-order valence-electron chi connectivity index (χ4n) is 2.70. The molecule has 0 bridgehead atoms. The summed E-state index contributed by atoms with van der Waals surface area (Å²) in [5.41, 5.74) is 0.827. The maximum atomic E-state index is 12.2. The van der Waals surface area contributed by atoms with Crippen molar-refractivity contribution in [2.45, 2.75) is 6.54 Å². The van der Waals surface area contributed by atoms with Crippen molar-refractivity contribution in [2.24, 2.45) is 0 Å². The number of imidazole rings is 1. The minimum Gasteiger partial charge on any atom is -0.506 e. The van der Waals surface area contributed by atoms with E-state index in [-0.39, 0.29) is 11.8 Å². The number of carbonyl (C=O) groups is 1. The molecule has 2 heterocycles. The van der Waals surface area contributed by atoms with Gasteiger partial charge in [0.1, 0.15) is 5.75 Å². The number of phenolic OH excluding ortho intramolecular Hbond substituents is 1. The van der Waals surface area contributed by atoms with E-state index in [1.165, 1.54) is 0 Å². The molecule has 23 heavy (non-hydrogen) atoms. The lowest BCUT2D eigenvalue weighted by molar-refractivity contribution is 0.194. The Morgan fingerprint density at radius 3 is 2.70 bits per heavy atom. The molecule has 1 aromatic carbocycles. The molecule has 3 rings (SSSR count). The molecule has 122 valence electrons. The molecule has 2 aromatic rings. The van der Waals surface area contributed by atoms with Gasteiger partial charge in [-0.1, -0.05) is 12.1 Å². The van der Waals surface area contributed by atoms with Gasteiger partial charge in [0.25, 0.3) is 0 Å². The van der Waals surface area contributed by atoms with Gasteiger partial charge in [-0.2, -0.15) is 0 Å². The first-order chi connectivity index (χ1) is 11.2. The molecule has 7 heteroatoms. The summed E-state index contributed by atoms with van der Waals surface area (Å²) in [6.45, 7) is 4.01.